The number of amides is 1. The monoisotopic (exact) mass is 417 g/mol. The first-order valence-corrected chi connectivity index (χ1v) is 10.8. The van der Waals surface area contributed by atoms with Crippen molar-refractivity contribution in [2.75, 3.05) is 31.1 Å². The molecule has 0 bridgehead atoms. The first-order valence-electron chi connectivity index (χ1n) is 9.94. The van der Waals surface area contributed by atoms with Crippen LogP contribution in [-0.4, -0.2) is 42.0 Å². The summed E-state index contributed by atoms with van der Waals surface area (Å²) in [6.45, 7) is 2.62. The van der Waals surface area contributed by atoms with Crippen LogP contribution in [0.5, 0.6) is 0 Å². The Kier molecular flexibility index (Phi) is 4.93. The third-order valence-corrected chi connectivity index (χ3v) is 6.52. The maximum Gasteiger partial charge on any atom is 0.253 e. The smallest absolute Gasteiger partial charge is 0.253 e. The number of hydrogen-bond acceptors (Lipinski definition) is 4. The van der Waals surface area contributed by atoms with Crippen molar-refractivity contribution in [1.82, 2.24) is 9.88 Å². The molecular formula is C24H20FN3OS. The summed E-state index contributed by atoms with van der Waals surface area (Å²) < 4.78 is 14.8. The highest BCUT2D eigenvalue weighted by atomic mass is 32.1. The molecule has 5 rings (SSSR count). The molecule has 1 aromatic heterocycles. The van der Waals surface area contributed by atoms with Crippen LogP contribution >= 0.6 is 11.3 Å². The fourth-order valence-electron chi connectivity index (χ4n) is 3.76. The molecule has 4 aromatic rings. The Hall–Kier alpha value is -3.25. The third-order valence-electron chi connectivity index (χ3n) is 5.43. The Labute approximate surface area is 178 Å². The Bertz CT molecular complexity index is 1180. The van der Waals surface area contributed by atoms with Crippen molar-refractivity contribution in [1.29, 1.82) is 0 Å². The SMILES string of the molecule is O=C(c1ccc(-c2ccccc2)cc1)N1CCN(c2nc3c(F)cccc3s2)CC1. The van der Waals surface area contributed by atoms with Crippen LogP contribution in [0.4, 0.5) is 9.52 Å². The van der Waals surface area contributed by atoms with E-state index in [1.165, 1.54) is 17.4 Å². The Morgan fingerprint density at radius 3 is 2.23 bits per heavy atom. The van der Waals surface area contributed by atoms with E-state index >= 15 is 0 Å². The van der Waals surface area contributed by atoms with Crippen LogP contribution < -0.4 is 4.90 Å². The van der Waals surface area contributed by atoms with Crippen LogP contribution in [0.1, 0.15) is 10.4 Å². The topological polar surface area (TPSA) is 36.4 Å². The number of para-hydroxylation sites is 1. The fourth-order valence-corrected chi connectivity index (χ4v) is 4.79. The summed E-state index contributed by atoms with van der Waals surface area (Å²) in [6, 6.07) is 22.9. The Morgan fingerprint density at radius 2 is 1.53 bits per heavy atom. The average molecular weight is 418 g/mol. The van der Waals surface area contributed by atoms with E-state index in [4.69, 9.17) is 0 Å². The number of carbonyl (C=O) groups excluding carboxylic acids is 1. The third kappa shape index (κ3) is 3.55. The summed E-state index contributed by atoms with van der Waals surface area (Å²) in [5, 5.41) is 0.814. The maximum atomic E-state index is 13.9. The molecule has 3 aromatic carbocycles. The van der Waals surface area contributed by atoms with E-state index in [2.05, 4.69) is 22.0 Å². The predicted octanol–water partition coefficient (Wildman–Crippen LogP) is 5.06. The van der Waals surface area contributed by atoms with Crippen LogP contribution in [0, 0.1) is 5.82 Å². The summed E-state index contributed by atoms with van der Waals surface area (Å²) in [5.41, 5.74) is 3.36. The number of nitrogens with zero attached hydrogens (tertiary/aromatic N) is 3. The van der Waals surface area contributed by atoms with Gasteiger partial charge in [0.05, 0.1) is 4.70 Å². The van der Waals surface area contributed by atoms with E-state index in [-0.39, 0.29) is 11.7 Å². The number of anilines is 1. The summed E-state index contributed by atoms with van der Waals surface area (Å²) >= 11 is 1.49. The molecule has 0 unspecified atom stereocenters. The summed E-state index contributed by atoms with van der Waals surface area (Å²) in [4.78, 5) is 21.4. The summed E-state index contributed by atoms with van der Waals surface area (Å²) in [7, 11) is 0. The van der Waals surface area contributed by atoms with Crippen LogP contribution in [0.25, 0.3) is 21.3 Å². The van der Waals surface area contributed by atoms with Gasteiger partial charge >= 0.3 is 0 Å². The van der Waals surface area contributed by atoms with Crippen molar-refractivity contribution in [2.24, 2.45) is 0 Å². The minimum absolute atomic E-state index is 0.0459. The molecule has 2 heterocycles. The van der Waals surface area contributed by atoms with Gasteiger partial charge in [0.15, 0.2) is 5.13 Å². The molecular weight excluding hydrogens is 397 g/mol. The van der Waals surface area contributed by atoms with Gasteiger partial charge in [-0.1, -0.05) is 59.9 Å². The molecule has 1 amide bonds. The van der Waals surface area contributed by atoms with Gasteiger partial charge in [0.2, 0.25) is 0 Å². The molecule has 150 valence electrons. The fraction of sp³-hybridized carbons (Fsp3) is 0.167. The van der Waals surface area contributed by atoms with Gasteiger partial charge in [0.25, 0.3) is 5.91 Å². The van der Waals surface area contributed by atoms with Gasteiger partial charge in [0.1, 0.15) is 11.3 Å². The predicted molar refractivity (Wildman–Crippen MR) is 120 cm³/mol. The number of fused-ring (bicyclic) bond motifs is 1. The molecule has 1 aliphatic heterocycles. The van der Waals surface area contributed by atoms with Gasteiger partial charge in [-0.3, -0.25) is 4.79 Å². The normalized spacial score (nSPS) is 14.3. The van der Waals surface area contributed by atoms with Gasteiger partial charge in [-0.15, -0.1) is 0 Å². The van der Waals surface area contributed by atoms with Gasteiger partial charge in [-0.05, 0) is 35.4 Å². The zero-order valence-corrected chi connectivity index (χ0v) is 17.1. The molecule has 0 N–H and O–H groups in total. The molecule has 0 radical (unpaired) electrons. The average Bonchev–Trinajstić information content (AvgIpc) is 3.25. The van der Waals surface area contributed by atoms with Crippen LogP contribution in [-0.2, 0) is 0 Å². The number of carbonyl (C=O) groups is 1. The second-order valence-corrected chi connectivity index (χ2v) is 8.31. The lowest BCUT2D eigenvalue weighted by molar-refractivity contribution is 0.0747. The number of halogens is 1. The van der Waals surface area contributed by atoms with Crippen molar-refractivity contribution >= 4 is 32.6 Å². The van der Waals surface area contributed by atoms with E-state index < -0.39 is 0 Å². The van der Waals surface area contributed by atoms with E-state index in [1.54, 1.807) is 6.07 Å². The molecule has 30 heavy (non-hydrogen) atoms. The molecule has 1 fully saturated rings. The zero-order valence-electron chi connectivity index (χ0n) is 16.3. The van der Waals surface area contributed by atoms with Crippen molar-refractivity contribution in [3.63, 3.8) is 0 Å². The molecule has 4 nitrogen and oxygen atoms in total. The molecule has 0 saturated carbocycles. The van der Waals surface area contributed by atoms with E-state index in [9.17, 15) is 9.18 Å². The summed E-state index contributed by atoms with van der Waals surface area (Å²) in [5.74, 6) is -0.243. The maximum absolute atomic E-state index is 13.9. The number of piperazine rings is 1. The second kappa shape index (κ2) is 7.88. The minimum Gasteiger partial charge on any atom is -0.345 e. The molecule has 0 atom stereocenters. The van der Waals surface area contributed by atoms with Gasteiger partial charge in [-0.25, -0.2) is 9.37 Å². The molecule has 1 saturated heterocycles. The quantitative estimate of drug-likeness (QED) is 0.467. The number of hydrogen-bond donors (Lipinski definition) is 0. The number of aromatic nitrogens is 1. The Morgan fingerprint density at radius 1 is 0.833 bits per heavy atom. The van der Waals surface area contributed by atoms with Crippen molar-refractivity contribution in [3.8, 4) is 11.1 Å². The summed E-state index contributed by atoms with van der Waals surface area (Å²) in [6.07, 6.45) is 0. The van der Waals surface area contributed by atoms with Gasteiger partial charge in [0, 0.05) is 31.7 Å². The zero-order chi connectivity index (χ0) is 20.5. The number of rotatable bonds is 3. The first kappa shape index (κ1) is 18.8. The highest BCUT2D eigenvalue weighted by molar-refractivity contribution is 7.22. The highest BCUT2D eigenvalue weighted by Crippen LogP contribution is 2.31. The van der Waals surface area contributed by atoms with Gasteiger partial charge in [-0.2, -0.15) is 0 Å². The Balaban J connectivity index is 1.26. The largest absolute Gasteiger partial charge is 0.345 e. The first-order chi connectivity index (χ1) is 14.7. The molecule has 0 spiro atoms. The minimum atomic E-state index is -0.289. The van der Waals surface area contributed by atoms with Gasteiger partial charge < -0.3 is 9.80 Å². The van der Waals surface area contributed by atoms with Crippen molar-refractivity contribution < 1.29 is 9.18 Å². The van der Waals surface area contributed by atoms with E-state index in [0.29, 0.717) is 37.3 Å². The lowest BCUT2D eigenvalue weighted by Gasteiger charge is -2.34. The van der Waals surface area contributed by atoms with E-state index in [1.807, 2.05) is 53.4 Å². The van der Waals surface area contributed by atoms with Crippen molar-refractivity contribution in [3.05, 3.63) is 84.2 Å². The van der Waals surface area contributed by atoms with Crippen LogP contribution in [0.15, 0.2) is 72.8 Å². The van der Waals surface area contributed by atoms with Crippen molar-refractivity contribution in [2.45, 2.75) is 0 Å². The lowest BCUT2D eigenvalue weighted by atomic mass is 10.0. The number of thiazole rings is 1. The number of benzene rings is 3. The van der Waals surface area contributed by atoms with Crippen LogP contribution in [0.2, 0.25) is 0 Å². The van der Waals surface area contributed by atoms with E-state index in [0.717, 1.165) is 21.0 Å². The standard InChI is InChI=1S/C24H20FN3OS/c25-20-7-4-8-21-22(20)26-24(30-21)28-15-13-27(14-16-28)23(29)19-11-9-18(10-12-19)17-5-2-1-3-6-17/h1-12H,13-16H2. The molecule has 6 heteroatoms. The second-order valence-electron chi connectivity index (χ2n) is 7.31. The van der Waals surface area contributed by atoms with Crippen LogP contribution in [0.3, 0.4) is 0 Å². The molecule has 0 aliphatic carbocycles. The lowest BCUT2D eigenvalue weighted by Crippen LogP contribution is -2.48. The highest BCUT2D eigenvalue weighted by Gasteiger charge is 2.24. The molecule has 1 aliphatic rings.